The molecule has 0 amide bonds. The first-order valence-electron chi connectivity index (χ1n) is 11.0. The molecule has 1 fully saturated rings. The lowest BCUT2D eigenvalue weighted by atomic mass is 9.97. The monoisotopic (exact) mass is 412 g/mol. The summed E-state index contributed by atoms with van der Waals surface area (Å²) in [6, 6.07) is 15.2. The van der Waals surface area contributed by atoms with Gasteiger partial charge in [0.2, 0.25) is 0 Å². The normalized spacial score (nSPS) is 16.9. The zero-order valence-corrected chi connectivity index (χ0v) is 18.0. The Morgan fingerprint density at radius 3 is 2.94 bits per heavy atom. The second-order valence-corrected chi connectivity index (χ2v) is 8.59. The molecule has 1 aliphatic heterocycles. The number of H-pyrrole nitrogens is 1. The molecule has 158 valence electrons. The number of rotatable bonds is 6. The minimum Gasteiger partial charge on any atom is -0.366 e. The zero-order valence-electron chi connectivity index (χ0n) is 18.0. The van der Waals surface area contributed by atoms with Gasteiger partial charge in [-0.1, -0.05) is 12.1 Å². The molecule has 1 aromatic carbocycles. The number of hydrogen-bond acceptors (Lipinski definition) is 5. The lowest BCUT2D eigenvalue weighted by Gasteiger charge is -2.20. The topological polar surface area (TPSA) is 69.7 Å². The molecule has 1 atom stereocenters. The van der Waals surface area contributed by atoms with Crippen LogP contribution in [0.4, 0.5) is 5.82 Å². The largest absolute Gasteiger partial charge is 0.366 e. The van der Waals surface area contributed by atoms with Gasteiger partial charge in [-0.2, -0.15) is 5.10 Å². The van der Waals surface area contributed by atoms with E-state index in [1.54, 1.807) is 0 Å². The number of aromatic nitrogens is 4. The van der Waals surface area contributed by atoms with Crippen LogP contribution in [0.25, 0.3) is 22.0 Å². The molecule has 4 aromatic rings. The van der Waals surface area contributed by atoms with E-state index in [1.807, 2.05) is 24.7 Å². The quantitative estimate of drug-likeness (QED) is 0.475. The van der Waals surface area contributed by atoms with Crippen LogP contribution < -0.4 is 5.32 Å². The third-order valence-electron chi connectivity index (χ3n) is 6.24. The summed E-state index contributed by atoms with van der Waals surface area (Å²) in [6.45, 7) is 7.48. The molecular weight excluding hydrogens is 384 g/mol. The highest BCUT2D eigenvalue weighted by molar-refractivity contribution is 5.79. The van der Waals surface area contributed by atoms with Gasteiger partial charge >= 0.3 is 0 Å². The third kappa shape index (κ3) is 4.16. The Hall–Kier alpha value is -3.25. The van der Waals surface area contributed by atoms with E-state index in [0.29, 0.717) is 18.5 Å². The van der Waals surface area contributed by atoms with Crippen LogP contribution in [0.1, 0.15) is 37.4 Å². The van der Waals surface area contributed by atoms with Gasteiger partial charge in [0, 0.05) is 54.1 Å². The first-order chi connectivity index (χ1) is 15.2. The van der Waals surface area contributed by atoms with Crippen molar-refractivity contribution in [2.24, 2.45) is 0 Å². The summed E-state index contributed by atoms with van der Waals surface area (Å²) in [5, 5.41) is 12.3. The molecule has 1 saturated heterocycles. The average Bonchev–Trinajstić information content (AvgIpc) is 3.47. The first-order valence-corrected chi connectivity index (χ1v) is 11.0. The number of likely N-dealkylation sites (tertiary alicyclic amines) is 1. The van der Waals surface area contributed by atoms with E-state index >= 15 is 0 Å². The Morgan fingerprint density at radius 2 is 2.06 bits per heavy atom. The molecule has 0 saturated carbocycles. The smallest absolute Gasteiger partial charge is 0.126 e. The molecule has 4 heterocycles. The van der Waals surface area contributed by atoms with E-state index in [4.69, 9.17) is 0 Å². The number of fused-ring (bicyclic) bond motifs is 1. The summed E-state index contributed by atoms with van der Waals surface area (Å²) in [6.07, 6.45) is 6.81. The van der Waals surface area contributed by atoms with Crippen molar-refractivity contribution in [3.63, 3.8) is 0 Å². The maximum Gasteiger partial charge on any atom is 0.126 e. The fourth-order valence-corrected chi connectivity index (χ4v) is 4.45. The molecule has 6 nitrogen and oxygen atoms in total. The van der Waals surface area contributed by atoms with E-state index in [1.165, 1.54) is 23.2 Å². The number of nitrogens with zero attached hydrogens (tertiary/aromatic N) is 4. The summed E-state index contributed by atoms with van der Waals surface area (Å²) in [5.41, 5.74) is 5.78. The van der Waals surface area contributed by atoms with Crippen LogP contribution in [-0.2, 0) is 6.54 Å². The molecular formula is C25H28N6. The van der Waals surface area contributed by atoms with Gasteiger partial charge in [-0.3, -0.25) is 10.1 Å². The van der Waals surface area contributed by atoms with Gasteiger partial charge in [-0.25, -0.2) is 4.98 Å². The number of pyridine rings is 2. The van der Waals surface area contributed by atoms with Crippen molar-refractivity contribution < 1.29 is 0 Å². The van der Waals surface area contributed by atoms with Crippen LogP contribution in [0.5, 0.6) is 0 Å². The van der Waals surface area contributed by atoms with Crippen molar-refractivity contribution in [2.45, 2.75) is 38.8 Å². The van der Waals surface area contributed by atoms with Gasteiger partial charge in [-0.05, 0) is 68.3 Å². The summed E-state index contributed by atoms with van der Waals surface area (Å²) < 4.78 is 0. The van der Waals surface area contributed by atoms with Gasteiger partial charge in [0.1, 0.15) is 5.82 Å². The fraction of sp³-hybridized carbons (Fsp3) is 0.320. The minimum absolute atomic E-state index is 0.496. The van der Waals surface area contributed by atoms with Gasteiger partial charge in [-0.15, -0.1) is 0 Å². The lowest BCUT2D eigenvalue weighted by molar-refractivity contribution is 0.272. The summed E-state index contributed by atoms with van der Waals surface area (Å²) in [7, 11) is 0. The molecule has 31 heavy (non-hydrogen) atoms. The highest BCUT2D eigenvalue weighted by Gasteiger charge is 2.28. The second-order valence-electron chi connectivity index (χ2n) is 8.59. The van der Waals surface area contributed by atoms with Crippen molar-refractivity contribution in [1.29, 1.82) is 0 Å². The standard InChI is InChI=1S/C25H28N6/c1-17(2)31-11-8-21(16-31)25-22(15-29-30-25)19-7-10-27-24(13-19)28-14-18-5-6-23-20(12-18)4-3-9-26-23/h3-7,9-10,12-13,15,17,21H,8,11,14,16H2,1-2H3,(H,27,28)(H,29,30)/t21-/m0/s1. The van der Waals surface area contributed by atoms with Crippen LogP contribution in [0, 0.1) is 0 Å². The Kier molecular flexibility index (Phi) is 5.38. The third-order valence-corrected chi connectivity index (χ3v) is 6.24. The maximum absolute atomic E-state index is 4.53. The summed E-state index contributed by atoms with van der Waals surface area (Å²) in [4.78, 5) is 11.5. The molecule has 0 radical (unpaired) electrons. The molecule has 0 aliphatic carbocycles. The van der Waals surface area contributed by atoms with Crippen LogP contribution in [0.2, 0.25) is 0 Å². The fourth-order valence-electron chi connectivity index (χ4n) is 4.45. The minimum atomic E-state index is 0.496. The van der Waals surface area contributed by atoms with Crippen molar-refractivity contribution in [3.8, 4) is 11.1 Å². The van der Waals surface area contributed by atoms with E-state index in [9.17, 15) is 0 Å². The van der Waals surface area contributed by atoms with E-state index < -0.39 is 0 Å². The van der Waals surface area contributed by atoms with Crippen LogP contribution in [0.3, 0.4) is 0 Å². The zero-order chi connectivity index (χ0) is 21.2. The molecule has 3 aromatic heterocycles. The van der Waals surface area contributed by atoms with E-state index in [0.717, 1.165) is 35.4 Å². The van der Waals surface area contributed by atoms with Crippen molar-refractivity contribution in [2.75, 3.05) is 18.4 Å². The number of anilines is 1. The summed E-state index contributed by atoms with van der Waals surface area (Å²) in [5.74, 6) is 1.36. The van der Waals surface area contributed by atoms with Crippen LogP contribution >= 0.6 is 0 Å². The molecule has 2 N–H and O–H groups in total. The predicted molar refractivity (Wildman–Crippen MR) is 125 cm³/mol. The van der Waals surface area contributed by atoms with Crippen molar-refractivity contribution >= 4 is 16.7 Å². The summed E-state index contributed by atoms with van der Waals surface area (Å²) >= 11 is 0. The molecule has 0 unspecified atom stereocenters. The molecule has 0 bridgehead atoms. The van der Waals surface area contributed by atoms with E-state index in [2.05, 4.69) is 80.6 Å². The highest BCUT2D eigenvalue weighted by Crippen LogP contribution is 2.34. The number of benzene rings is 1. The SMILES string of the molecule is CC(C)N1CC[C@H](c2[nH]ncc2-c2ccnc(NCc3ccc4ncccc4c3)c2)C1. The predicted octanol–water partition coefficient (Wildman–Crippen LogP) is 4.83. The number of hydrogen-bond donors (Lipinski definition) is 2. The molecule has 6 heteroatoms. The van der Waals surface area contributed by atoms with Gasteiger partial charge in [0.15, 0.2) is 0 Å². The van der Waals surface area contributed by atoms with Crippen LogP contribution in [-0.4, -0.2) is 44.2 Å². The highest BCUT2D eigenvalue weighted by atomic mass is 15.2. The average molecular weight is 413 g/mol. The molecule has 5 rings (SSSR count). The Bertz CT molecular complexity index is 1180. The Labute approximate surface area is 182 Å². The van der Waals surface area contributed by atoms with Crippen molar-refractivity contribution in [1.82, 2.24) is 25.1 Å². The van der Waals surface area contributed by atoms with Crippen molar-refractivity contribution in [3.05, 3.63) is 72.3 Å². The Morgan fingerprint density at radius 1 is 1.13 bits per heavy atom. The van der Waals surface area contributed by atoms with Gasteiger partial charge in [0.05, 0.1) is 11.7 Å². The number of aromatic amines is 1. The molecule has 1 aliphatic rings. The Balaban J connectivity index is 1.32. The number of nitrogens with one attached hydrogen (secondary N) is 2. The van der Waals surface area contributed by atoms with Gasteiger partial charge < -0.3 is 10.2 Å². The van der Waals surface area contributed by atoms with Crippen LogP contribution in [0.15, 0.2) is 61.1 Å². The van der Waals surface area contributed by atoms with E-state index in [-0.39, 0.29) is 0 Å². The van der Waals surface area contributed by atoms with Gasteiger partial charge in [0.25, 0.3) is 0 Å². The molecule has 0 spiro atoms. The maximum atomic E-state index is 4.53. The lowest BCUT2D eigenvalue weighted by Crippen LogP contribution is -2.28. The second kappa shape index (κ2) is 8.47. The first kappa shape index (κ1) is 19.7.